The van der Waals surface area contributed by atoms with E-state index in [1.165, 1.54) is 37.7 Å². The van der Waals surface area contributed by atoms with Gasteiger partial charge in [0.15, 0.2) is 0 Å². The van der Waals surface area contributed by atoms with Crippen molar-refractivity contribution in [2.45, 2.75) is 51.1 Å². The van der Waals surface area contributed by atoms with Crippen LogP contribution in [0.15, 0.2) is 12.2 Å². The summed E-state index contributed by atoms with van der Waals surface area (Å²) >= 11 is 0. The highest BCUT2D eigenvalue weighted by molar-refractivity contribution is 5.08. The van der Waals surface area contributed by atoms with Gasteiger partial charge in [0.1, 0.15) is 0 Å². The first kappa shape index (κ1) is 8.31. The Hall–Kier alpha value is -0.300. The zero-order valence-electron chi connectivity index (χ0n) is 7.97. The van der Waals surface area contributed by atoms with Crippen molar-refractivity contribution >= 4 is 0 Å². The first-order chi connectivity index (χ1) is 5.77. The molecule has 0 aromatic heterocycles. The number of rotatable bonds is 1. The molecule has 0 bridgehead atoms. The van der Waals surface area contributed by atoms with Crippen molar-refractivity contribution in [1.82, 2.24) is 5.32 Å². The minimum atomic E-state index is 0.623. The van der Waals surface area contributed by atoms with Crippen LogP contribution in [0.4, 0.5) is 0 Å². The van der Waals surface area contributed by atoms with Crippen molar-refractivity contribution in [2.75, 3.05) is 0 Å². The third-order valence-electron chi connectivity index (χ3n) is 3.46. The second-order valence-corrected chi connectivity index (χ2v) is 4.45. The topological polar surface area (TPSA) is 12.0 Å². The molecule has 12 heavy (non-hydrogen) atoms. The summed E-state index contributed by atoms with van der Waals surface area (Å²) in [6.45, 7) is 6.18. The second-order valence-electron chi connectivity index (χ2n) is 4.45. The minimum absolute atomic E-state index is 0.623. The fourth-order valence-corrected chi connectivity index (χ4v) is 2.68. The Morgan fingerprint density at radius 1 is 1.33 bits per heavy atom. The lowest BCUT2D eigenvalue weighted by Crippen LogP contribution is -2.33. The Morgan fingerprint density at radius 3 is 2.75 bits per heavy atom. The Bertz CT molecular complexity index is 171. The Kier molecular flexibility index (Phi) is 2.22. The molecule has 1 heterocycles. The van der Waals surface area contributed by atoms with Crippen molar-refractivity contribution < 1.29 is 0 Å². The van der Waals surface area contributed by atoms with Gasteiger partial charge in [-0.15, -0.1) is 0 Å². The maximum Gasteiger partial charge on any atom is 0.0279 e. The molecule has 3 unspecified atom stereocenters. The molecule has 1 aliphatic heterocycles. The smallest absolute Gasteiger partial charge is 0.0279 e. The van der Waals surface area contributed by atoms with Gasteiger partial charge in [0.05, 0.1) is 0 Å². The van der Waals surface area contributed by atoms with Crippen molar-refractivity contribution in [3.8, 4) is 0 Å². The zero-order valence-corrected chi connectivity index (χ0v) is 7.97. The van der Waals surface area contributed by atoms with Gasteiger partial charge in [-0.2, -0.15) is 0 Å². The summed E-state index contributed by atoms with van der Waals surface area (Å²) in [4.78, 5) is 0. The summed E-state index contributed by atoms with van der Waals surface area (Å²) < 4.78 is 0. The third-order valence-corrected chi connectivity index (χ3v) is 3.46. The maximum atomic E-state index is 4.03. The van der Waals surface area contributed by atoms with Crippen LogP contribution in [0.5, 0.6) is 0 Å². The first-order valence-corrected chi connectivity index (χ1v) is 5.19. The average molecular weight is 165 g/mol. The van der Waals surface area contributed by atoms with Crippen LogP contribution in [0, 0.1) is 5.92 Å². The predicted molar refractivity (Wildman–Crippen MR) is 52.1 cm³/mol. The molecular weight excluding hydrogens is 146 g/mol. The van der Waals surface area contributed by atoms with E-state index in [1.54, 1.807) is 0 Å². The first-order valence-electron chi connectivity index (χ1n) is 5.19. The molecule has 68 valence electrons. The van der Waals surface area contributed by atoms with Crippen LogP contribution in [0.2, 0.25) is 0 Å². The summed E-state index contributed by atoms with van der Waals surface area (Å²) in [6.07, 6.45) is 7.07. The summed E-state index contributed by atoms with van der Waals surface area (Å²) in [5, 5.41) is 3.69. The van der Waals surface area contributed by atoms with Gasteiger partial charge in [0.25, 0.3) is 0 Å². The summed E-state index contributed by atoms with van der Waals surface area (Å²) in [5.74, 6) is 0.959. The molecule has 1 saturated carbocycles. The molecule has 2 fully saturated rings. The fourth-order valence-electron chi connectivity index (χ4n) is 2.68. The molecule has 1 saturated heterocycles. The molecule has 0 aromatic carbocycles. The molecule has 2 rings (SSSR count). The van der Waals surface area contributed by atoms with Gasteiger partial charge >= 0.3 is 0 Å². The molecule has 0 spiro atoms. The van der Waals surface area contributed by atoms with E-state index in [0.29, 0.717) is 6.04 Å². The van der Waals surface area contributed by atoms with E-state index in [9.17, 15) is 0 Å². The quantitative estimate of drug-likeness (QED) is 0.589. The van der Waals surface area contributed by atoms with Crippen LogP contribution >= 0.6 is 0 Å². The highest BCUT2D eigenvalue weighted by Crippen LogP contribution is 2.34. The van der Waals surface area contributed by atoms with E-state index in [1.807, 2.05) is 0 Å². The van der Waals surface area contributed by atoms with Crippen LogP contribution in [-0.4, -0.2) is 12.1 Å². The average Bonchev–Trinajstić information content (AvgIpc) is 2.46. The lowest BCUT2D eigenvalue weighted by atomic mass is 9.84. The second kappa shape index (κ2) is 3.21. The van der Waals surface area contributed by atoms with E-state index in [0.717, 1.165) is 12.0 Å². The SMILES string of the molecule is C=C(C)C1CC2CCCCC2N1. The minimum Gasteiger partial charge on any atom is -0.307 e. The lowest BCUT2D eigenvalue weighted by Gasteiger charge is -2.24. The molecule has 0 amide bonds. The largest absolute Gasteiger partial charge is 0.307 e. The highest BCUT2D eigenvalue weighted by atomic mass is 15.0. The van der Waals surface area contributed by atoms with Gasteiger partial charge < -0.3 is 5.32 Å². The van der Waals surface area contributed by atoms with Gasteiger partial charge in [-0.3, -0.25) is 0 Å². The molecule has 1 aliphatic carbocycles. The molecule has 1 heteroatoms. The Morgan fingerprint density at radius 2 is 2.08 bits per heavy atom. The summed E-state index contributed by atoms with van der Waals surface area (Å²) in [7, 11) is 0. The monoisotopic (exact) mass is 165 g/mol. The maximum absolute atomic E-state index is 4.03. The van der Waals surface area contributed by atoms with Gasteiger partial charge in [-0.1, -0.05) is 25.0 Å². The number of hydrogen-bond donors (Lipinski definition) is 1. The normalized spacial score (nSPS) is 40.9. The van der Waals surface area contributed by atoms with E-state index in [2.05, 4.69) is 18.8 Å². The van der Waals surface area contributed by atoms with E-state index >= 15 is 0 Å². The van der Waals surface area contributed by atoms with Gasteiger partial charge in [0, 0.05) is 12.1 Å². The molecule has 3 atom stereocenters. The van der Waals surface area contributed by atoms with E-state index in [-0.39, 0.29) is 0 Å². The van der Waals surface area contributed by atoms with Crippen LogP contribution in [0.1, 0.15) is 39.0 Å². The fraction of sp³-hybridized carbons (Fsp3) is 0.818. The van der Waals surface area contributed by atoms with Crippen LogP contribution in [0.3, 0.4) is 0 Å². The van der Waals surface area contributed by atoms with Crippen molar-refractivity contribution in [2.24, 2.45) is 5.92 Å². The van der Waals surface area contributed by atoms with Crippen molar-refractivity contribution in [1.29, 1.82) is 0 Å². The molecule has 1 nitrogen and oxygen atoms in total. The highest BCUT2D eigenvalue weighted by Gasteiger charge is 2.34. The van der Waals surface area contributed by atoms with Crippen molar-refractivity contribution in [3.05, 3.63) is 12.2 Å². The van der Waals surface area contributed by atoms with Crippen LogP contribution in [0.25, 0.3) is 0 Å². The number of fused-ring (bicyclic) bond motifs is 1. The molecule has 1 N–H and O–H groups in total. The molecule has 0 aromatic rings. The van der Waals surface area contributed by atoms with E-state index in [4.69, 9.17) is 0 Å². The number of hydrogen-bond acceptors (Lipinski definition) is 1. The van der Waals surface area contributed by atoms with Crippen LogP contribution < -0.4 is 5.32 Å². The molecule has 0 radical (unpaired) electrons. The summed E-state index contributed by atoms with van der Waals surface area (Å²) in [6, 6.07) is 1.44. The van der Waals surface area contributed by atoms with Gasteiger partial charge in [-0.05, 0) is 32.1 Å². The Labute approximate surface area is 75.2 Å². The standard InChI is InChI=1S/C11H19N/c1-8(2)11-7-9-5-3-4-6-10(9)12-11/h9-12H,1,3-7H2,2H3. The zero-order chi connectivity index (χ0) is 8.55. The molecular formula is C11H19N. The van der Waals surface area contributed by atoms with E-state index < -0.39 is 0 Å². The Balaban J connectivity index is 1.98. The predicted octanol–water partition coefficient (Wildman–Crippen LogP) is 2.48. The third kappa shape index (κ3) is 1.42. The van der Waals surface area contributed by atoms with Crippen molar-refractivity contribution in [3.63, 3.8) is 0 Å². The lowest BCUT2D eigenvalue weighted by molar-refractivity contribution is 0.326. The number of nitrogens with one attached hydrogen (secondary N) is 1. The molecule has 2 aliphatic rings. The van der Waals surface area contributed by atoms with Gasteiger partial charge in [-0.25, -0.2) is 0 Å². The van der Waals surface area contributed by atoms with Gasteiger partial charge in [0.2, 0.25) is 0 Å². The summed E-state index contributed by atoms with van der Waals surface area (Å²) in [5.41, 5.74) is 1.32. The van der Waals surface area contributed by atoms with Crippen LogP contribution in [-0.2, 0) is 0 Å².